The Morgan fingerprint density at radius 3 is 2.54 bits per heavy atom. The van der Waals surface area contributed by atoms with Crippen molar-refractivity contribution in [3.05, 3.63) is 65.5 Å². The smallest absolute Gasteiger partial charge is 0.416 e. The first-order valence-electron chi connectivity index (χ1n) is 12.2. The van der Waals surface area contributed by atoms with Crippen molar-refractivity contribution >= 4 is 22.9 Å². The van der Waals surface area contributed by atoms with Gasteiger partial charge in [-0.25, -0.2) is 4.98 Å². The van der Waals surface area contributed by atoms with Crippen molar-refractivity contribution in [2.24, 2.45) is 0 Å². The fourth-order valence-electron chi connectivity index (χ4n) is 5.01. The molecule has 0 unspecified atom stereocenters. The molecule has 8 nitrogen and oxygen atoms in total. The Hall–Kier alpha value is -3.44. The molecule has 2 heterocycles. The Labute approximate surface area is 210 Å². The van der Waals surface area contributed by atoms with Crippen LogP contribution in [0.5, 0.6) is 0 Å². The lowest BCUT2D eigenvalue weighted by Crippen LogP contribution is -2.63. The first-order chi connectivity index (χ1) is 17.6. The topological polar surface area (TPSA) is 108 Å². The summed E-state index contributed by atoms with van der Waals surface area (Å²) in [5.41, 5.74) is -0.797. The standard InChI is InChI=1S/C26H27F3N4O4/c27-26(28,29)17-5-3-4-16(12-17)23(35)30-13-22(34)31-18-14-33(15-18)19-8-10-25(36,11-9-19)24-32-20-6-1-2-7-21(20)37-24/h1-7,12,18-19,36H,8-11,13-15H2,(H,30,35)(H,31,34). The van der Waals surface area contributed by atoms with Crippen LogP contribution in [0.2, 0.25) is 0 Å². The van der Waals surface area contributed by atoms with Crippen LogP contribution in [0.3, 0.4) is 0 Å². The Morgan fingerprint density at radius 2 is 1.84 bits per heavy atom. The number of halogens is 3. The SMILES string of the molecule is O=C(CNC(=O)c1cccc(C(F)(F)F)c1)NC1CN(C2CCC(O)(c3nc4ccccc4o3)CC2)C1. The number of oxazole rings is 1. The van der Waals surface area contributed by atoms with Crippen molar-refractivity contribution in [3.63, 3.8) is 0 Å². The van der Waals surface area contributed by atoms with E-state index < -0.39 is 29.2 Å². The molecule has 1 aromatic heterocycles. The van der Waals surface area contributed by atoms with Gasteiger partial charge in [-0.05, 0) is 56.0 Å². The monoisotopic (exact) mass is 516 g/mol. The quantitative estimate of drug-likeness (QED) is 0.465. The molecular weight excluding hydrogens is 489 g/mol. The maximum atomic E-state index is 12.8. The van der Waals surface area contributed by atoms with Crippen molar-refractivity contribution in [1.29, 1.82) is 0 Å². The Kier molecular flexibility index (Phi) is 6.67. The second kappa shape index (κ2) is 9.79. The maximum absolute atomic E-state index is 12.8. The molecule has 11 heteroatoms. The second-order valence-electron chi connectivity index (χ2n) is 9.73. The minimum atomic E-state index is -4.55. The number of para-hydroxylation sites is 2. The van der Waals surface area contributed by atoms with E-state index in [2.05, 4.69) is 20.5 Å². The molecule has 0 radical (unpaired) electrons. The van der Waals surface area contributed by atoms with Gasteiger partial charge in [0, 0.05) is 24.7 Å². The summed E-state index contributed by atoms with van der Waals surface area (Å²) >= 11 is 0. The van der Waals surface area contributed by atoms with Crippen molar-refractivity contribution in [1.82, 2.24) is 20.5 Å². The molecule has 37 heavy (non-hydrogen) atoms. The predicted octanol–water partition coefficient (Wildman–Crippen LogP) is 3.21. The minimum absolute atomic E-state index is 0.0733. The number of hydrogen-bond donors (Lipinski definition) is 3. The van der Waals surface area contributed by atoms with E-state index in [9.17, 15) is 27.9 Å². The number of amides is 2. The molecule has 2 aromatic carbocycles. The summed E-state index contributed by atoms with van der Waals surface area (Å²) in [6, 6.07) is 11.7. The molecule has 3 N–H and O–H groups in total. The molecule has 0 atom stereocenters. The average Bonchev–Trinajstić information content (AvgIpc) is 3.30. The Morgan fingerprint density at radius 1 is 1.11 bits per heavy atom. The molecule has 1 aliphatic carbocycles. The number of aromatic nitrogens is 1. The molecule has 196 valence electrons. The van der Waals surface area contributed by atoms with E-state index in [1.807, 2.05) is 24.3 Å². The first-order valence-corrected chi connectivity index (χ1v) is 12.2. The summed E-state index contributed by atoms with van der Waals surface area (Å²) in [5, 5.41) is 16.3. The molecule has 1 saturated carbocycles. The largest absolute Gasteiger partial charge is 0.438 e. The predicted molar refractivity (Wildman–Crippen MR) is 127 cm³/mol. The number of aliphatic hydroxyl groups is 1. The van der Waals surface area contributed by atoms with Gasteiger partial charge in [0.15, 0.2) is 5.58 Å². The number of carbonyl (C=O) groups excluding carboxylic acids is 2. The summed E-state index contributed by atoms with van der Waals surface area (Å²) in [5.74, 6) is -0.794. The number of hydrogen-bond acceptors (Lipinski definition) is 6. The molecule has 3 aromatic rings. The highest BCUT2D eigenvalue weighted by Gasteiger charge is 2.43. The number of nitrogens with zero attached hydrogens (tertiary/aromatic N) is 2. The van der Waals surface area contributed by atoms with Gasteiger partial charge in [0.2, 0.25) is 11.8 Å². The van der Waals surface area contributed by atoms with Crippen molar-refractivity contribution in [3.8, 4) is 0 Å². The number of likely N-dealkylation sites (tertiary alicyclic amines) is 1. The summed E-state index contributed by atoms with van der Waals surface area (Å²) in [4.78, 5) is 31.1. The number of rotatable bonds is 6. The van der Waals surface area contributed by atoms with Crippen LogP contribution < -0.4 is 10.6 Å². The van der Waals surface area contributed by atoms with Gasteiger partial charge in [-0.2, -0.15) is 13.2 Å². The molecule has 1 aliphatic heterocycles. The van der Waals surface area contributed by atoms with Crippen LogP contribution in [0, 0.1) is 0 Å². The molecule has 5 rings (SSSR count). The number of benzene rings is 2. The maximum Gasteiger partial charge on any atom is 0.416 e. The van der Waals surface area contributed by atoms with Gasteiger partial charge in [-0.3, -0.25) is 14.5 Å². The normalized spacial score (nSPS) is 23.0. The number of fused-ring (bicyclic) bond motifs is 1. The molecule has 2 fully saturated rings. The van der Waals surface area contributed by atoms with E-state index in [0.717, 1.165) is 36.6 Å². The summed E-state index contributed by atoms with van der Waals surface area (Å²) in [6.07, 6.45) is -1.96. The highest BCUT2D eigenvalue weighted by molar-refractivity contribution is 5.96. The zero-order chi connectivity index (χ0) is 26.2. The van der Waals surface area contributed by atoms with Crippen molar-refractivity contribution in [2.75, 3.05) is 19.6 Å². The third-order valence-electron chi connectivity index (χ3n) is 7.13. The first kappa shape index (κ1) is 25.2. The van der Waals surface area contributed by atoms with Crippen LogP contribution in [0.15, 0.2) is 52.9 Å². The second-order valence-corrected chi connectivity index (χ2v) is 9.73. The van der Waals surface area contributed by atoms with Crippen LogP contribution in [-0.2, 0) is 16.6 Å². The van der Waals surface area contributed by atoms with Gasteiger partial charge < -0.3 is 20.2 Å². The number of alkyl halides is 3. The van der Waals surface area contributed by atoms with E-state index in [4.69, 9.17) is 4.42 Å². The third kappa shape index (κ3) is 5.47. The van der Waals surface area contributed by atoms with Gasteiger partial charge in [0.1, 0.15) is 11.1 Å². The zero-order valence-corrected chi connectivity index (χ0v) is 19.9. The highest BCUT2D eigenvalue weighted by Crippen LogP contribution is 2.40. The Balaban J connectivity index is 1.05. The summed E-state index contributed by atoms with van der Waals surface area (Å²) < 4.78 is 44.3. The average molecular weight is 517 g/mol. The molecule has 1 saturated heterocycles. The summed E-state index contributed by atoms with van der Waals surface area (Å²) in [6.45, 7) is 0.977. The van der Waals surface area contributed by atoms with Gasteiger partial charge in [0.25, 0.3) is 5.91 Å². The number of nitrogens with one attached hydrogen (secondary N) is 2. The van der Waals surface area contributed by atoms with E-state index in [-0.39, 0.29) is 24.2 Å². The fraction of sp³-hybridized carbons (Fsp3) is 0.423. The van der Waals surface area contributed by atoms with E-state index in [1.54, 1.807) is 0 Å². The highest BCUT2D eigenvalue weighted by atomic mass is 19.4. The molecular formula is C26H27F3N4O4. The van der Waals surface area contributed by atoms with Crippen LogP contribution in [-0.4, -0.2) is 58.5 Å². The van der Waals surface area contributed by atoms with Crippen LogP contribution in [0.1, 0.15) is 47.5 Å². The third-order valence-corrected chi connectivity index (χ3v) is 7.13. The molecule has 0 spiro atoms. The van der Waals surface area contributed by atoms with Crippen molar-refractivity contribution in [2.45, 2.75) is 49.5 Å². The Bertz CT molecular complexity index is 1260. The van der Waals surface area contributed by atoms with Crippen molar-refractivity contribution < 1.29 is 32.3 Å². The fourth-order valence-corrected chi connectivity index (χ4v) is 5.01. The summed E-state index contributed by atoms with van der Waals surface area (Å²) in [7, 11) is 0. The van der Waals surface area contributed by atoms with Crippen LogP contribution >= 0.6 is 0 Å². The minimum Gasteiger partial charge on any atom is -0.438 e. The van der Waals surface area contributed by atoms with E-state index in [0.29, 0.717) is 37.4 Å². The van der Waals surface area contributed by atoms with Gasteiger partial charge >= 0.3 is 6.18 Å². The van der Waals surface area contributed by atoms with Crippen LogP contribution in [0.25, 0.3) is 11.1 Å². The molecule has 2 aliphatic rings. The number of carbonyl (C=O) groups is 2. The van der Waals surface area contributed by atoms with Gasteiger partial charge in [-0.15, -0.1) is 0 Å². The van der Waals surface area contributed by atoms with E-state index in [1.165, 1.54) is 6.07 Å². The lowest BCUT2D eigenvalue weighted by molar-refractivity contribution is -0.137. The molecule has 0 bridgehead atoms. The van der Waals surface area contributed by atoms with E-state index >= 15 is 0 Å². The van der Waals surface area contributed by atoms with Crippen LogP contribution in [0.4, 0.5) is 13.2 Å². The lowest BCUT2D eigenvalue weighted by Gasteiger charge is -2.47. The van der Waals surface area contributed by atoms with Gasteiger partial charge in [-0.1, -0.05) is 18.2 Å². The zero-order valence-electron chi connectivity index (χ0n) is 19.9. The lowest BCUT2D eigenvalue weighted by atomic mass is 9.80. The molecule has 2 amide bonds. The van der Waals surface area contributed by atoms with Gasteiger partial charge in [0.05, 0.1) is 18.2 Å².